The van der Waals surface area contributed by atoms with Gasteiger partial charge in [0.1, 0.15) is 19.8 Å². The summed E-state index contributed by atoms with van der Waals surface area (Å²) in [5, 5.41) is 0. The van der Waals surface area contributed by atoms with Crippen LogP contribution in [0.5, 0.6) is 0 Å². The molecule has 0 aromatic carbocycles. The van der Waals surface area contributed by atoms with Crippen LogP contribution in [0.15, 0.2) is 12.2 Å². The lowest BCUT2D eigenvalue weighted by molar-refractivity contribution is -0.870. The van der Waals surface area contributed by atoms with E-state index in [4.69, 9.17) is 18.5 Å². The predicted octanol–water partition coefficient (Wildman–Crippen LogP) is 11.9. The number of esters is 2. The molecule has 320 valence electrons. The lowest BCUT2D eigenvalue weighted by Crippen LogP contribution is -2.37. The van der Waals surface area contributed by atoms with E-state index >= 15 is 0 Å². The van der Waals surface area contributed by atoms with Crippen LogP contribution in [0.2, 0.25) is 0 Å². The summed E-state index contributed by atoms with van der Waals surface area (Å²) in [6.07, 6.45) is 38.2. The van der Waals surface area contributed by atoms with Crippen molar-refractivity contribution in [2.75, 3.05) is 47.5 Å². The minimum atomic E-state index is -4.61. The molecule has 0 saturated heterocycles. The fourth-order valence-electron chi connectivity index (χ4n) is 6.24. The lowest BCUT2D eigenvalue weighted by atomic mass is 10.0. The van der Waals surface area contributed by atoms with Crippen molar-refractivity contribution >= 4 is 19.8 Å². The lowest BCUT2D eigenvalue weighted by Gasteiger charge is -2.28. The third-order valence-corrected chi connectivity index (χ3v) is 10.7. The molecule has 0 saturated carbocycles. The van der Waals surface area contributed by atoms with E-state index in [9.17, 15) is 19.0 Å². The number of hydrogen-bond donors (Lipinski definition) is 0. The molecule has 0 N–H and O–H groups in total. The number of likely N-dealkylation sites (N-methyl/N-ethyl adjacent to an activating group) is 1. The van der Waals surface area contributed by atoms with Crippen molar-refractivity contribution in [2.24, 2.45) is 0 Å². The van der Waals surface area contributed by atoms with Crippen LogP contribution in [0.25, 0.3) is 0 Å². The zero-order valence-electron chi connectivity index (χ0n) is 35.9. The Hall–Kier alpha value is -1.25. The van der Waals surface area contributed by atoms with E-state index in [1.807, 2.05) is 21.1 Å². The molecule has 0 aromatic rings. The summed E-state index contributed by atoms with van der Waals surface area (Å²) in [4.78, 5) is 37.4. The van der Waals surface area contributed by atoms with E-state index in [1.165, 1.54) is 135 Å². The highest BCUT2D eigenvalue weighted by Gasteiger charge is 2.21. The van der Waals surface area contributed by atoms with Crippen molar-refractivity contribution in [1.29, 1.82) is 0 Å². The standard InChI is InChI=1S/C44H86NO8P/c1-6-8-10-12-14-16-17-18-19-20-21-22-23-24-25-26-27-29-30-32-34-36-43(46)50-40-42(41-52-54(48,49)51-39-38-45(3,4)5)53-44(47)37-35-33-31-28-15-13-11-9-7-2/h18-19,42H,6-17,20-41H2,1-5H3/b19-18+/t42-/m0/s1. The van der Waals surface area contributed by atoms with Gasteiger partial charge < -0.3 is 27.9 Å². The van der Waals surface area contributed by atoms with E-state index in [1.54, 1.807) is 0 Å². The molecule has 0 rings (SSSR count). The molecule has 10 heteroatoms. The minimum absolute atomic E-state index is 0.0278. The number of hydrogen-bond acceptors (Lipinski definition) is 8. The minimum Gasteiger partial charge on any atom is -0.756 e. The van der Waals surface area contributed by atoms with E-state index in [-0.39, 0.29) is 32.0 Å². The van der Waals surface area contributed by atoms with Crippen LogP contribution >= 0.6 is 7.82 Å². The molecular weight excluding hydrogens is 701 g/mol. The van der Waals surface area contributed by atoms with Crippen LogP contribution < -0.4 is 4.89 Å². The molecule has 9 nitrogen and oxygen atoms in total. The topological polar surface area (TPSA) is 111 Å². The van der Waals surface area contributed by atoms with Gasteiger partial charge in [0, 0.05) is 12.8 Å². The van der Waals surface area contributed by atoms with Crippen molar-refractivity contribution in [3.8, 4) is 0 Å². The van der Waals surface area contributed by atoms with Gasteiger partial charge in [0.25, 0.3) is 7.82 Å². The van der Waals surface area contributed by atoms with Gasteiger partial charge in [0.05, 0.1) is 27.7 Å². The number of carbonyl (C=O) groups excluding carboxylic acids is 2. The SMILES string of the molecule is CCCCCCCC/C=C/CCCCCCCCCCCCCC(=O)OC[C@@H](COP(=O)([O-])OCC[N+](C)(C)C)OC(=O)CCCCCCCCCCC. The molecule has 54 heavy (non-hydrogen) atoms. The summed E-state index contributed by atoms with van der Waals surface area (Å²) < 4.78 is 33.8. The molecule has 0 aliphatic rings. The first kappa shape index (κ1) is 52.8. The van der Waals surface area contributed by atoms with Gasteiger partial charge in [0.2, 0.25) is 0 Å². The van der Waals surface area contributed by atoms with Gasteiger partial charge >= 0.3 is 11.9 Å². The summed E-state index contributed by atoms with van der Waals surface area (Å²) in [6.45, 7) is 4.21. The first-order valence-corrected chi connectivity index (χ1v) is 23.9. The zero-order chi connectivity index (χ0) is 40.0. The maximum atomic E-state index is 12.6. The molecule has 0 fully saturated rings. The second-order valence-electron chi connectivity index (χ2n) is 16.4. The van der Waals surface area contributed by atoms with Crippen molar-refractivity contribution in [3.63, 3.8) is 0 Å². The average molecular weight is 788 g/mol. The molecule has 0 aromatic heterocycles. The van der Waals surface area contributed by atoms with Gasteiger partial charge in [0.15, 0.2) is 6.10 Å². The Morgan fingerprint density at radius 1 is 0.556 bits per heavy atom. The fourth-order valence-corrected chi connectivity index (χ4v) is 6.97. The summed E-state index contributed by atoms with van der Waals surface area (Å²) in [6, 6.07) is 0. The van der Waals surface area contributed by atoms with E-state index in [0.717, 1.165) is 38.5 Å². The summed E-state index contributed by atoms with van der Waals surface area (Å²) in [5.41, 5.74) is 0. The van der Waals surface area contributed by atoms with Crippen molar-refractivity contribution < 1.29 is 42.1 Å². The quantitative estimate of drug-likeness (QED) is 0.0198. The molecule has 0 amide bonds. The number of phosphoric ester groups is 1. The van der Waals surface area contributed by atoms with Gasteiger partial charge in [-0.2, -0.15) is 0 Å². The van der Waals surface area contributed by atoms with Gasteiger partial charge in [-0.25, -0.2) is 0 Å². The number of unbranched alkanes of at least 4 members (excludes halogenated alkanes) is 25. The largest absolute Gasteiger partial charge is 0.756 e. The zero-order valence-corrected chi connectivity index (χ0v) is 36.8. The molecule has 0 bridgehead atoms. The monoisotopic (exact) mass is 788 g/mol. The van der Waals surface area contributed by atoms with E-state index in [2.05, 4.69) is 26.0 Å². The number of ether oxygens (including phenoxy) is 2. The van der Waals surface area contributed by atoms with E-state index in [0.29, 0.717) is 17.4 Å². The van der Waals surface area contributed by atoms with Crippen molar-refractivity contribution in [3.05, 3.63) is 12.2 Å². The Balaban J connectivity index is 4.18. The molecule has 0 heterocycles. The summed E-state index contributed by atoms with van der Waals surface area (Å²) >= 11 is 0. The van der Waals surface area contributed by atoms with Crippen LogP contribution in [0, 0.1) is 0 Å². The molecular formula is C44H86NO8P. The Morgan fingerprint density at radius 2 is 0.944 bits per heavy atom. The molecule has 0 spiro atoms. The van der Waals surface area contributed by atoms with Crippen molar-refractivity contribution in [2.45, 2.75) is 213 Å². The summed E-state index contributed by atoms with van der Waals surface area (Å²) in [5.74, 6) is -0.830. The highest BCUT2D eigenvalue weighted by atomic mass is 31.2. The smallest absolute Gasteiger partial charge is 0.306 e. The number of nitrogens with zero attached hydrogens (tertiary/aromatic N) is 1. The second-order valence-corrected chi connectivity index (χ2v) is 17.8. The Morgan fingerprint density at radius 3 is 1.37 bits per heavy atom. The highest BCUT2D eigenvalue weighted by molar-refractivity contribution is 7.45. The number of quaternary nitrogens is 1. The number of phosphoric acid groups is 1. The Labute approximate surface area is 333 Å². The second kappa shape index (κ2) is 37.3. The predicted molar refractivity (Wildman–Crippen MR) is 222 cm³/mol. The highest BCUT2D eigenvalue weighted by Crippen LogP contribution is 2.38. The maximum Gasteiger partial charge on any atom is 0.306 e. The number of carbonyl (C=O) groups is 2. The van der Waals surface area contributed by atoms with Crippen LogP contribution in [0.3, 0.4) is 0 Å². The van der Waals surface area contributed by atoms with Gasteiger partial charge in [-0.05, 0) is 38.5 Å². The normalized spacial score (nSPS) is 13.7. The fraction of sp³-hybridized carbons (Fsp3) is 0.909. The maximum absolute atomic E-state index is 12.6. The molecule has 2 atom stereocenters. The number of allylic oxidation sites excluding steroid dienone is 2. The molecule has 0 aliphatic heterocycles. The molecule has 1 unspecified atom stereocenters. The van der Waals surface area contributed by atoms with Gasteiger partial charge in [-0.15, -0.1) is 0 Å². The average Bonchev–Trinajstić information content (AvgIpc) is 3.12. The third-order valence-electron chi connectivity index (χ3n) is 9.79. The first-order valence-electron chi connectivity index (χ1n) is 22.4. The van der Waals surface area contributed by atoms with Crippen LogP contribution in [-0.4, -0.2) is 70.0 Å². The third kappa shape index (κ3) is 40.4. The molecule has 0 radical (unpaired) electrons. The van der Waals surface area contributed by atoms with Gasteiger partial charge in [-0.1, -0.05) is 167 Å². The van der Waals surface area contributed by atoms with Gasteiger partial charge in [-0.3, -0.25) is 14.2 Å². The van der Waals surface area contributed by atoms with Crippen LogP contribution in [-0.2, 0) is 32.7 Å². The Kier molecular flexibility index (Phi) is 36.5. The summed E-state index contributed by atoms with van der Waals surface area (Å²) in [7, 11) is 1.17. The van der Waals surface area contributed by atoms with Crippen LogP contribution in [0.1, 0.15) is 206 Å². The Bertz CT molecular complexity index is 938. The number of rotatable bonds is 41. The van der Waals surface area contributed by atoms with Crippen molar-refractivity contribution in [1.82, 2.24) is 0 Å². The molecule has 0 aliphatic carbocycles. The van der Waals surface area contributed by atoms with Crippen LogP contribution in [0.4, 0.5) is 0 Å². The first-order chi connectivity index (χ1) is 26.0. The van der Waals surface area contributed by atoms with E-state index < -0.39 is 26.5 Å².